The number of nitrogens with two attached hydrogens (primary N) is 1. The number of halogens is 2. The molecule has 1 fully saturated rings. The number of nitrogens with zero attached hydrogens (tertiary/aromatic N) is 2. The maximum absolute atomic E-state index is 12.5. The number of rotatable bonds is 5. The first-order chi connectivity index (χ1) is 10.2. The van der Waals surface area contributed by atoms with Crippen LogP contribution < -0.4 is 5.73 Å². The minimum atomic E-state index is 0. The minimum Gasteiger partial charge on any atom is -0.339 e. The highest BCUT2D eigenvalue weighted by molar-refractivity contribution is 5.94. The summed E-state index contributed by atoms with van der Waals surface area (Å²) in [6.07, 6.45) is 3.35. The Morgan fingerprint density at radius 2 is 1.78 bits per heavy atom. The largest absolute Gasteiger partial charge is 0.339 e. The summed E-state index contributed by atoms with van der Waals surface area (Å²) in [6.45, 7) is 6.10. The summed E-state index contributed by atoms with van der Waals surface area (Å²) in [6, 6.07) is 8.00. The van der Waals surface area contributed by atoms with Crippen molar-refractivity contribution in [3.8, 4) is 0 Å². The molecular formula is C17H29Cl2N3O. The van der Waals surface area contributed by atoms with Crippen LogP contribution in [0.1, 0.15) is 42.1 Å². The Labute approximate surface area is 152 Å². The molecule has 1 aromatic rings. The highest BCUT2D eigenvalue weighted by Crippen LogP contribution is 2.18. The first kappa shape index (κ1) is 22.2. The molecular weight excluding hydrogens is 333 g/mol. The average molecular weight is 362 g/mol. The number of hydrogen-bond acceptors (Lipinski definition) is 3. The lowest BCUT2D eigenvalue weighted by atomic mass is 10.0. The van der Waals surface area contributed by atoms with Gasteiger partial charge in [0, 0.05) is 38.3 Å². The Balaban J connectivity index is 0.00000242. The summed E-state index contributed by atoms with van der Waals surface area (Å²) in [5.74, 6) is 0.118. The summed E-state index contributed by atoms with van der Waals surface area (Å²) in [4.78, 5) is 16.9. The molecule has 1 aromatic carbocycles. The van der Waals surface area contributed by atoms with Crippen LogP contribution in [-0.2, 0) is 6.54 Å². The molecule has 0 radical (unpaired) electrons. The van der Waals surface area contributed by atoms with Crippen LogP contribution in [0.15, 0.2) is 24.3 Å². The SMILES string of the molecule is CCCN1CCC(N(C)C(=O)c2ccc(CN)cc2)CC1.Cl.Cl. The van der Waals surface area contributed by atoms with Gasteiger partial charge in [-0.1, -0.05) is 19.1 Å². The Bertz CT molecular complexity index is 459. The van der Waals surface area contributed by atoms with Crippen LogP contribution in [0.3, 0.4) is 0 Å². The van der Waals surface area contributed by atoms with Gasteiger partial charge < -0.3 is 15.5 Å². The highest BCUT2D eigenvalue weighted by Gasteiger charge is 2.25. The van der Waals surface area contributed by atoms with Gasteiger partial charge in [0.2, 0.25) is 0 Å². The number of likely N-dealkylation sites (tertiary alicyclic amines) is 1. The lowest BCUT2D eigenvalue weighted by Crippen LogP contribution is -2.45. The van der Waals surface area contributed by atoms with Crippen LogP contribution in [0.2, 0.25) is 0 Å². The standard InChI is InChI=1S/C17H27N3O.2ClH/c1-3-10-20-11-8-16(9-12-20)19(2)17(21)15-6-4-14(13-18)5-7-15;;/h4-7,16H,3,8-13,18H2,1-2H3;2*1H. The van der Waals surface area contributed by atoms with E-state index < -0.39 is 0 Å². The van der Waals surface area contributed by atoms with Gasteiger partial charge in [-0.25, -0.2) is 0 Å². The van der Waals surface area contributed by atoms with Crippen molar-refractivity contribution in [1.29, 1.82) is 0 Å². The molecule has 0 atom stereocenters. The van der Waals surface area contributed by atoms with Crippen molar-refractivity contribution >= 4 is 30.7 Å². The van der Waals surface area contributed by atoms with Crippen LogP contribution in [0, 0.1) is 0 Å². The molecule has 0 saturated carbocycles. The molecule has 132 valence electrons. The molecule has 4 nitrogen and oxygen atoms in total. The van der Waals surface area contributed by atoms with Gasteiger partial charge in [-0.2, -0.15) is 0 Å². The molecule has 2 rings (SSSR count). The Morgan fingerprint density at radius 1 is 1.22 bits per heavy atom. The van der Waals surface area contributed by atoms with Crippen LogP contribution >= 0.6 is 24.8 Å². The molecule has 1 aliphatic heterocycles. The molecule has 1 saturated heterocycles. The minimum absolute atomic E-state index is 0. The van der Waals surface area contributed by atoms with Crippen molar-refractivity contribution in [2.24, 2.45) is 5.73 Å². The first-order valence-corrected chi connectivity index (χ1v) is 7.94. The van der Waals surface area contributed by atoms with Gasteiger partial charge in [-0.15, -0.1) is 24.8 Å². The van der Waals surface area contributed by atoms with E-state index in [-0.39, 0.29) is 30.7 Å². The third-order valence-corrected chi connectivity index (χ3v) is 4.40. The maximum Gasteiger partial charge on any atom is 0.253 e. The molecule has 0 aromatic heterocycles. The lowest BCUT2D eigenvalue weighted by Gasteiger charge is -2.36. The fraction of sp³-hybridized carbons (Fsp3) is 0.588. The number of hydrogen-bond donors (Lipinski definition) is 1. The summed E-state index contributed by atoms with van der Waals surface area (Å²) in [5.41, 5.74) is 7.40. The zero-order valence-electron chi connectivity index (χ0n) is 14.0. The van der Waals surface area contributed by atoms with Gasteiger partial charge in [0.15, 0.2) is 0 Å². The normalized spacial score (nSPS) is 15.4. The molecule has 2 N–H and O–H groups in total. The predicted molar refractivity (Wildman–Crippen MR) is 101 cm³/mol. The first-order valence-electron chi connectivity index (χ1n) is 7.94. The highest BCUT2D eigenvalue weighted by atomic mass is 35.5. The van der Waals surface area contributed by atoms with Crippen LogP contribution in [0.5, 0.6) is 0 Å². The summed E-state index contributed by atoms with van der Waals surface area (Å²) in [7, 11) is 1.93. The van der Waals surface area contributed by atoms with E-state index in [2.05, 4.69) is 11.8 Å². The van der Waals surface area contributed by atoms with Gasteiger partial charge in [-0.3, -0.25) is 4.79 Å². The number of carbonyl (C=O) groups excluding carboxylic acids is 1. The second kappa shape index (κ2) is 10.9. The zero-order chi connectivity index (χ0) is 15.2. The topological polar surface area (TPSA) is 49.6 Å². The molecule has 0 unspecified atom stereocenters. The van der Waals surface area contributed by atoms with E-state index in [1.54, 1.807) is 0 Å². The fourth-order valence-electron chi connectivity index (χ4n) is 3.00. The van der Waals surface area contributed by atoms with E-state index >= 15 is 0 Å². The molecule has 1 heterocycles. The second-order valence-corrected chi connectivity index (χ2v) is 5.89. The van der Waals surface area contributed by atoms with Crippen molar-refractivity contribution in [2.75, 3.05) is 26.7 Å². The quantitative estimate of drug-likeness (QED) is 0.876. The molecule has 6 heteroatoms. The third kappa shape index (κ3) is 5.96. The van der Waals surface area contributed by atoms with Crippen LogP contribution in [-0.4, -0.2) is 48.4 Å². The Morgan fingerprint density at radius 3 is 2.26 bits per heavy atom. The van der Waals surface area contributed by atoms with E-state index in [1.807, 2.05) is 36.2 Å². The van der Waals surface area contributed by atoms with E-state index in [0.717, 1.165) is 37.1 Å². The van der Waals surface area contributed by atoms with Gasteiger partial charge in [0.25, 0.3) is 5.91 Å². The van der Waals surface area contributed by atoms with Crippen molar-refractivity contribution < 1.29 is 4.79 Å². The summed E-state index contributed by atoms with van der Waals surface area (Å²) >= 11 is 0. The van der Waals surface area contributed by atoms with E-state index in [0.29, 0.717) is 12.6 Å². The Kier molecular flexibility index (Phi) is 10.5. The van der Waals surface area contributed by atoms with Crippen molar-refractivity contribution in [3.05, 3.63) is 35.4 Å². The smallest absolute Gasteiger partial charge is 0.253 e. The summed E-state index contributed by atoms with van der Waals surface area (Å²) < 4.78 is 0. The van der Waals surface area contributed by atoms with Crippen LogP contribution in [0.4, 0.5) is 0 Å². The van der Waals surface area contributed by atoms with Gasteiger partial charge in [-0.05, 0) is 43.5 Å². The van der Waals surface area contributed by atoms with Crippen molar-refractivity contribution in [1.82, 2.24) is 9.80 Å². The molecule has 1 amide bonds. The Hall–Kier alpha value is -0.810. The molecule has 0 bridgehead atoms. The van der Waals surface area contributed by atoms with Crippen molar-refractivity contribution in [3.63, 3.8) is 0 Å². The second-order valence-electron chi connectivity index (χ2n) is 5.89. The summed E-state index contributed by atoms with van der Waals surface area (Å²) in [5, 5.41) is 0. The molecule has 0 aliphatic carbocycles. The number of benzene rings is 1. The molecule has 0 spiro atoms. The number of piperidine rings is 1. The number of carbonyl (C=O) groups is 1. The van der Waals surface area contributed by atoms with Crippen LogP contribution in [0.25, 0.3) is 0 Å². The van der Waals surface area contributed by atoms with Gasteiger partial charge in [0.05, 0.1) is 0 Å². The van der Waals surface area contributed by atoms with E-state index in [9.17, 15) is 4.79 Å². The zero-order valence-corrected chi connectivity index (χ0v) is 15.7. The fourth-order valence-corrected chi connectivity index (χ4v) is 3.00. The van der Waals surface area contributed by atoms with Gasteiger partial charge in [0.1, 0.15) is 0 Å². The van der Waals surface area contributed by atoms with Crippen molar-refractivity contribution in [2.45, 2.75) is 38.8 Å². The lowest BCUT2D eigenvalue weighted by molar-refractivity contribution is 0.0642. The maximum atomic E-state index is 12.5. The number of amides is 1. The predicted octanol–water partition coefficient (Wildman–Crippen LogP) is 2.94. The molecule has 23 heavy (non-hydrogen) atoms. The average Bonchev–Trinajstić information content (AvgIpc) is 2.54. The molecule has 1 aliphatic rings. The van der Waals surface area contributed by atoms with E-state index in [4.69, 9.17) is 5.73 Å². The van der Waals surface area contributed by atoms with Gasteiger partial charge >= 0.3 is 0 Å². The monoisotopic (exact) mass is 361 g/mol. The third-order valence-electron chi connectivity index (χ3n) is 4.40. The van der Waals surface area contributed by atoms with E-state index in [1.165, 1.54) is 13.0 Å².